The molecule has 0 saturated carbocycles. The fourth-order valence-electron chi connectivity index (χ4n) is 2.58. The van der Waals surface area contributed by atoms with E-state index in [2.05, 4.69) is 36.4 Å². The van der Waals surface area contributed by atoms with Crippen LogP contribution in [0.3, 0.4) is 0 Å². The second-order valence-electron chi connectivity index (χ2n) is 5.43. The number of ether oxygens (including phenoxy) is 2. The summed E-state index contributed by atoms with van der Waals surface area (Å²) in [6.07, 6.45) is 4.15. The Morgan fingerprint density at radius 1 is 0.667 bits per heavy atom. The van der Waals surface area contributed by atoms with Gasteiger partial charge in [0.25, 0.3) is 0 Å². The summed E-state index contributed by atoms with van der Waals surface area (Å²) in [5, 5.41) is 0. The molecular formula is C22H20O2. The average molecular weight is 316 g/mol. The first-order valence-corrected chi connectivity index (χ1v) is 7.86. The molecule has 0 unspecified atom stereocenters. The van der Waals surface area contributed by atoms with E-state index in [4.69, 9.17) is 9.47 Å². The molecule has 120 valence electrons. The Kier molecular flexibility index (Phi) is 4.97. The van der Waals surface area contributed by atoms with E-state index < -0.39 is 0 Å². The van der Waals surface area contributed by atoms with Crippen molar-refractivity contribution in [2.75, 3.05) is 14.2 Å². The standard InChI is InChI=1S/C22H20O2/c1-23-21-13-9-17(10-14-21)8-11-20-16-19(12-15-22(20)24-2)18-6-4-3-5-7-18/h3-16H,1-2H3. The van der Waals surface area contributed by atoms with Gasteiger partial charge in [0.05, 0.1) is 14.2 Å². The van der Waals surface area contributed by atoms with Gasteiger partial charge in [-0.05, 0) is 41.0 Å². The topological polar surface area (TPSA) is 18.5 Å². The molecule has 0 amide bonds. The van der Waals surface area contributed by atoms with Gasteiger partial charge < -0.3 is 9.47 Å². The maximum atomic E-state index is 5.49. The van der Waals surface area contributed by atoms with Crippen LogP contribution in [0.5, 0.6) is 11.5 Å². The number of rotatable bonds is 5. The monoisotopic (exact) mass is 316 g/mol. The SMILES string of the molecule is COc1ccc(C=Cc2cc(-c3ccccc3)ccc2OC)cc1. The van der Waals surface area contributed by atoms with Crippen LogP contribution in [0.1, 0.15) is 11.1 Å². The summed E-state index contributed by atoms with van der Waals surface area (Å²) < 4.78 is 10.7. The van der Waals surface area contributed by atoms with Crippen molar-refractivity contribution in [3.8, 4) is 22.6 Å². The molecule has 0 spiro atoms. The molecule has 2 nitrogen and oxygen atoms in total. The average Bonchev–Trinajstić information content (AvgIpc) is 2.67. The summed E-state index contributed by atoms with van der Waals surface area (Å²) in [6, 6.07) is 24.6. The van der Waals surface area contributed by atoms with Gasteiger partial charge >= 0.3 is 0 Å². The highest BCUT2D eigenvalue weighted by Crippen LogP contribution is 2.28. The van der Waals surface area contributed by atoms with E-state index in [1.54, 1.807) is 14.2 Å². The molecule has 24 heavy (non-hydrogen) atoms. The molecule has 0 radical (unpaired) electrons. The van der Waals surface area contributed by atoms with Crippen molar-refractivity contribution < 1.29 is 9.47 Å². The third-order valence-corrected chi connectivity index (χ3v) is 3.91. The highest BCUT2D eigenvalue weighted by molar-refractivity contribution is 5.77. The van der Waals surface area contributed by atoms with Crippen LogP contribution in [0.4, 0.5) is 0 Å². The van der Waals surface area contributed by atoms with E-state index in [1.165, 1.54) is 11.1 Å². The molecule has 2 heteroatoms. The van der Waals surface area contributed by atoms with E-state index in [0.29, 0.717) is 0 Å². The lowest BCUT2D eigenvalue weighted by molar-refractivity contribution is 0.414. The number of methoxy groups -OCH3 is 2. The van der Waals surface area contributed by atoms with Gasteiger partial charge in [0, 0.05) is 5.56 Å². The van der Waals surface area contributed by atoms with Gasteiger partial charge in [0.1, 0.15) is 11.5 Å². The van der Waals surface area contributed by atoms with Crippen LogP contribution in [0.15, 0.2) is 72.8 Å². The minimum atomic E-state index is 0.857. The van der Waals surface area contributed by atoms with Gasteiger partial charge in [-0.2, -0.15) is 0 Å². The normalized spacial score (nSPS) is 10.8. The van der Waals surface area contributed by atoms with Crippen LogP contribution in [-0.4, -0.2) is 14.2 Å². The Bertz CT molecular complexity index is 818. The summed E-state index contributed by atoms with van der Waals surface area (Å²) >= 11 is 0. The van der Waals surface area contributed by atoms with E-state index in [-0.39, 0.29) is 0 Å². The van der Waals surface area contributed by atoms with Crippen LogP contribution < -0.4 is 9.47 Å². The fraction of sp³-hybridized carbons (Fsp3) is 0.0909. The first-order chi connectivity index (χ1) is 11.8. The van der Waals surface area contributed by atoms with Crippen molar-refractivity contribution in [3.05, 3.63) is 83.9 Å². The van der Waals surface area contributed by atoms with Crippen LogP contribution in [-0.2, 0) is 0 Å². The second kappa shape index (κ2) is 7.51. The van der Waals surface area contributed by atoms with Gasteiger partial charge in [-0.15, -0.1) is 0 Å². The van der Waals surface area contributed by atoms with Crippen LogP contribution >= 0.6 is 0 Å². The number of hydrogen-bond acceptors (Lipinski definition) is 2. The molecule has 3 aromatic rings. The highest BCUT2D eigenvalue weighted by Gasteiger charge is 2.03. The molecule has 0 bridgehead atoms. The van der Waals surface area contributed by atoms with Gasteiger partial charge in [-0.3, -0.25) is 0 Å². The first kappa shape index (κ1) is 15.9. The van der Waals surface area contributed by atoms with Crippen molar-refractivity contribution in [1.82, 2.24) is 0 Å². The lowest BCUT2D eigenvalue weighted by Crippen LogP contribution is -1.88. The molecule has 0 aliphatic rings. The molecule has 3 aromatic carbocycles. The van der Waals surface area contributed by atoms with Crippen molar-refractivity contribution in [1.29, 1.82) is 0 Å². The summed E-state index contributed by atoms with van der Waals surface area (Å²) in [5.41, 5.74) is 4.53. The second-order valence-corrected chi connectivity index (χ2v) is 5.43. The van der Waals surface area contributed by atoms with Crippen molar-refractivity contribution in [2.45, 2.75) is 0 Å². The lowest BCUT2D eigenvalue weighted by atomic mass is 10.0. The fourth-order valence-corrected chi connectivity index (χ4v) is 2.58. The number of hydrogen-bond donors (Lipinski definition) is 0. The van der Waals surface area contributed by atoms with Gasteiger partial charge in [0.2, 0.25) is 0 Å². The zero-order chi connectivity index (χ0) is 16.8. The van der Waals surface area contributed by atoms with Crippen molar-refractivity contribution >= 4 is 12.2 Å². The maximum Gasteiger partial charge on any atom is 0.126 e. The van der Waals surface area contributed by atoms with Crippen molar-refractivity contribution in [2.24, 2.45) is 0 Å². The molecule has 0 atom stereocenters. The largest absolute Gasteiger partial charge is 0.497 e. The highest BCUT2D eigenvalue weighted by atomic mass is 16.5. The van der Waals surface area contributed by atoms with Gasteiger partial charge in [-0.25, -0.2) is 0 Å². The zero-order valence-corrected chi connectivity index (χ0v) is 13.9. The molecule has 0 heterocycles. The van der Waals surface area contributed by atoms with E-state index in [9.17, 15) is 0 Å². The Balaban J connectivity index is 1.91. The minimum Gasteiger partial charge on any atom is -0.497 e. The molecule has 3 rings (SSSR count). The Hall–Kier alpha value is -3.00. The van der Waals surface area contributed by atoms with Gasteiger partial charge in [-0.1, -0.05) is 60.7 Å². The predicted molar refractivity (Wildman–Crippen MR) is 100 cm³/mol. The van der Waals surface area contributed by atoms with E-state index >= 15 is 0 Å². The Morgan fingerprint density at radius 2 is 1.42 bits per heavy atom. The van der Waals surface area contributed by atoms with Crippen molar-refractivity contribution in [3.63, 3.8) is 0 Å². The molecular weight excluding hydrogens is 296 g/mol. The smallest absolute Gasteiger partial charge is 0.126 e. The third kappa shape index (κ3) is 3.66. The third-order valence-electron chi connectivity index (χ3n) is 3.91. The molecule has 0 fully saturated rings. The molecule has 0 aliphatic heterocycles. The van der Waals surface area contributed by atoms with E-state index in [0.717, 1.165) is 22.6 Å². The minimum absolute atomic E-state index is 0.857. The quantitative estimate of drug-likeness (QED) is 0.575. The Labute approximate surface area is 143 Å². The molecule has 0 N–H and O–H groups in total. The van der Waals surface area contributed by atoms with Crippen LogP contribution in [0.25, 0.3) is 23.3 Å². The predicted octanol–water partition coefficient (Wildman–Crippen LogP) is 5.54. The lowest BCUT2D eigenvalue weighted by Gasteiger charge is -2.08. The van der Waals surface area contributed by atoms with Gasteiger partial charge in [0.15, 0.2) is 0 Å². The zero-order valence-electron chi connectivity index (χ0n) is 13.9. The summed E-state index contributed by atoms with van der Waals surface area (Å²) in [4.78, 5) is 0. The molecule has 0 saturated heterocycles. The summed E-state index contributed by atoms with van der Waals surface area (Å²) in [6.45, 7) is 0. The summed E-state index contributed by atoms with van der Waals surface area (Å²) in [5.74, 6) is 1.72. The van der Waals surface area contributed by atoms with E-state index in [1.807, 2.05) is 48.5 Å². The number of benzene rings is 3. The molecule has 0 aliphatic carbocycles. The molecule has 0 aromatic heterocycles. The van der Waals surface area contributed by atoms with Crippen LogP contribution in [0, 0.1) is 0 Å². The van der Waals surface area contributed by atoms with Crippen LogP contribution in [0.2, 0.25) is 0 Å². The summed E-state index contributed by atoms with van der Waals surface area (Å²) in [7, 11) is 3.37. The maximum absolute atomic E-state index is 5.49. The first-order valence-electron chi connectivity index (χ1n) is 7.86. The Morgan fingerprint density at radius 3 is 2.08 bits per heavy atom.